The molecule has 0 N–H and O–H groups in total. The van der Waals surface area contributed by atoms with Crippen LogP contribution in [0.15, 0.2) is 18.2 Å². The van der Waals surface area contributed by atoms with Crippen molar-refractivity contribution in [2.45, 2.75) is 58.9 Å². The lowest BCUT2D eigenvalue weighted by Gasteiger charge is -2.57. The van der Waals surface area contributed by atoms with Crippen LogP contribution in [0.1, 0.15) is 52.2 Å². The molecule has 2 aliphatic rings. The Morgan fingerprint density at radius 3 is 2.61 bits per heavy atom. The van der Waals surface area contributed by atoms with E-state index in [1.165, 1.54) is 19.4 Å². The van der Waals surface area contributed by atoms with Gasteiger partial charge >= 0.3 is 0 Å². The first-order chi connectivity index (χ1) is 8.37. The summed E-state index contributed by atoms with van der Waals surface area (Å²) in [4.78, 5) is 2.67. The van der Waals surface area contributed by atoms with E-state index >= 15 is 0 Å². The van der Waals surface area contributed by atoms with Gasteiger partial charge in [0.1, 0.15) is 0 Å². The topological polar surface area (TPSA) is 3.24 Å². The molecule has 0 aromatic heterocycles. The first-order valence-corrected chi connectivity index (χ1v) is 7.26. The molecule has 0 spiro atoms. The molecular weight excluding hydrogens is 218 g/mol. The maximum atomic E-state index is 2.67. The predicted molar refractivity (Wildman–Crippen MR) is 78.4 cm³/mol. The maximum absolute atomic E-state index is 2.67. The Hall–Kier alpha value is -0.980. The van der Waals surface area contributed by atoms with Crippen LogP contribution in [0.3, 0.4) is 0 Å². The minimum Gasteiger partial charge on any atom is -0.368 e. The summed E-state index contributed by atoms with van der Waals surface area (Å²) >= 11 is 0. The summed E-state index contributed by atoms with van der Waals surface area (Å²) in [5.41, 5.74) is 5.22. The van der Waals surface area contributed by atoms with E-state index in [-0.39, 0.29) is 5.41 Å². The molecule has 1 aromatic carbocycles. The summed E-state index contributed by atoms with van der Waals surface area (Å²) in [6.45, 7) is 13.3. The zero-order chi connectivity index (χ0) is 13.1. The molecule has 2 heterocycles. The van der Waals surface area contributed by atoms with Gasteiger partial charge in [-0.25, -0.2) is 0 Å². The molecule has 0 saturated heterocycles. The normalized spacial score (nSPS) is 27.8. The van der Waals surface area contributed by atoms with Crippen LogP contribution in [0.5, 0.6) is 0 Å². The van der Waals surface area contributed by atoms with E-state index in [1.807, 2.05) is 0 Å². The molecular formula is C17H25N. The second-order valence-electron chi connectivity index (χ2n) is 7.13. The average Bonchev–Trinajstić information content (AvgIpc) is 2.34. The van der Waals surface area contributed by atoms with Crippen molar-refractivity contribution in [1.82, 2.24) is 0 Å². The zero-order valence-corrected chi connectivity index (χ0v) is 12.4. The Bertz CT molecular complexity index is 484. The van der Waals surface area contributed by atoms with E-state index in [4.69, 9.17) is 0 Å². The van der Waals surface area contributed by atoms with E-state index in [0.29, 0.717) is 11.5 Å². The van der Waals surface area contributed by atoms with Crippen molar-refractivity contribution in [2.24, 2.45) is 5.41 Å². The Morgan fingerprint density at radius 1 is 1.17 bits per heavy atom. The second-order valence-corrected chi connectivity index (χ2v) is 7.13. The highest BCUT2D eigenvalue weighted by atomic mass is 15.2. The Morgan fingerprint density at radius 2 is 1.89 bits per heavy atom. The fourth-order valence-corrected chi connectivity index (χ4v) is 3.83. The summed E-state index contributed by atoms with van der Waals surface area (Å²) in [5.74, 6) is 0. The SMILES string of the molecule is CC1N2CCCc3cccc(c32)C(C)(C)C1(C)C. The molecule has 1 nitrogen and oxygen atoms in total. The van der Waals surface area contributed by atoms with Crippen LogP contribution in [0.2, 0.25) is 0 Å². The number of anilines is 1. The van der Waals surface area contributed by atoms with Crippen molar-refractivity contribution in [3.63, 3.8) is 0 Å². The molecule has 98 valence electrons. The van der Waals surface area contributed by atoms with Gasteiger partial charge in [-0.05, 0) is 41.7 Å². The van der Waals surface area contributed by atoms with Crippen LogP contribution in [0, 0.1) is 5.41 Å². The van der Waals surface area contributed by atoms with E-state index in [9.17, 15) is 0 Å². The molecule has 1 heteroatoms. The summed E-state index contributed by atoms with van der Waals surface area (Å²) in [6, 6.07) is 7.55. The van der Waals surface area contributed by atoms with Gasteiger partial charge in [0.2, 0.25) is 0 Å². The summed E-state index contributed by atoms with van der Waals surface area (Å²) < 4.78 is 0. The number of hydrogen-bond donors (Lipinski definition) is 0. The molecule has 0 amide bonds. The smallest absolute Gasteiger partial charge is 0.0439 e. The molecule has 2 aliphatic heterocycles. The number of nitrogens with zero attached hydrogens (tertiary/aromatic N) is 1. The van der Waals surface area contributed by atoms with Crippen molar-refractivity contribution in [1.29, 1.82) is 0 Å². The fraction of sp³-hybridized carbons (Fsp3) is 0.647. The summed E-state index contributed by atoms with van der Waals surface area (Å²) in [7, 11) is 0. The highest BCUT2D eigenvalue weighted by Gasteiger charge is 2.50. The largest absolute Gasteiger partial charge is 0.368 e. The first kappa shape index (κ1) is 12.1. The van der Waals surface area contributed by atoms with Crippen molar-refractivity contribution < 1.29 is 0 Å². The van der Waals surface area contributed by atoms with Gasteiger partial charge < -0.3 is 4.90 Å². The Balaban J connectivity index is 2.30. The number of benzene rings is 1. The molecule has 1 atom stereocenters. The van der Waals surface area contributed by atoms with E-state index in [1.54, 1.807) is 16.8 Å². The van der Waals surface area contributed by atoms with Gasteiger partial charge in [0, 0.05) is 18.3 Å². The third-order valence-corrected chi connectivity index (χ3v) is 6.05. The molecule has 18 heavy (non-hydrogen) atoms. The molecule has 0 saturated carbocycles. The Kier molecular flexibility index (Phi) is 2.36. The fourth-order valence-electron chi connectivity index (χ4n) is 3.83. The number of hydrogen-bond acceptors (Lipinski definition) is 1. The van der Waals surface area contributed by atoms with Crippen molar-refractivity contribution in [2.75, 3.05) is 11.4 Å². The van der Waals surface area contributed by atoms with Gasteiger partial charge in [-0.3, -0.25) is 0 Å². The van der Waals surface area contributed by atoms with Crippen molar-refractivity contribution >= 4 is 5.69 Å². The zero-order valence-electron chi connectivity index (χ0n) is 12.4. The third-order valence-electron chi connectivity index (χ3n) is 6.05. The second kappa shape index (κ2) is 3.53. The number of para-hydroxylation sites is 1. The van der Waals surface area contributed by atoms with Crippen molar-refractivity contribution in [3.8, 4) is 0 Å². The molecule has 0 aliphatic carbocycles. The lowest BCUT2D eigenvalue weighted by Crippen LogP contribution is -2.58. The van der Waals surface area contributed by atoms with Gasteiger partial charge in [-0.2, -0.15) is 0 Å². The number of aryl methyl sites for hydroxylation is 1. The highest BCUT2D eigenvalue weighted by Crippen LogP contribution is 2.54. The van der Waals surface area contributed by atoms with Gasteiger partial charge in [0.25, 0.3) is 0 Å². The lowest BCUT2D eigenvalue weighted by molar-refractivity contribution is 0.139. The van der Waals surface area contributed by atoms with Gasteiger partial charge in [-0.15, -0.1) is 0 Å². The quantitative estimate of drug-likeness (QED) is 0.662. The molecule has 0 radical (unpaired) electrons. The van der Waals surface area contributed by atoms with E-state index in [2.05, 4.69) is 57.7 Å². The van der Waals surface area contributed by atoms with Gasteiger partial charge in [0.15, 0.2) is 0 Å². The van der Waals surface area contributed by atoms with Crippen LogP contribution in [0.4, 0.5) is 5.69 Å². The highest BCUT2D eigenvalue weighted by molar-refractivity contribution is 5.67. The molecule has 1 unspecified atom stereocenters. The standard InChI is InChI=1S/C17H25N/c1-12-16(2,3)17(4,5)14-10-6-8-13-9-7-11-18(12)15(13)14/h6,8,10,12H,7,9,11H2,1-5H3. The summed E-state index contributed by atoms with van der Waals surface area (Å²) in [5, 5.41) is 0. The van der Waals surface area contributed by atoms with Crippen molar-refractivity contribution in [3.05, 3.63) is 29.3 Å². The summed E-state index contributed by atoms with van der Waals surface area (Å²) in [6.07, 6.45) is 2.56. The van der Waals surface area contributed by atoms with Crippen LogP contribution in [0.25, 0.3) is 0 Å². The molecule has 0 fully saturated rings. The van der Waals surface area contributed by atoms with Crippen LogP contribution in [-0.2, 0) is 11.8 Å². The lowest BCUT2D eigenvalue weighted by atomic mass is 9.57. The van der Waals surface area contributed by atoms with Crippen LogP contribution in [-0.4, -0.2) is 12.6 Å². The van der Waals surface area contributed by atoms with Gasteiger partial charge in [-0.1, -0.05) is 45.9 Å². The minimum absolute atomic E-state index is 0.242. The molecule has 0 bridgehead atoms. The predicted octanol–water partition coefficient (Wildman–Crippen LogP) is 4.15. The van der Waals surface area contributed by atoms with E-state index < -0.39 is 0 Å². The number of rotatable bonds is 0. The third kappa shape index (κ3) is 1.28. The molecule has 1 aromatic rings. The Labute approximate surface area is 111 Å². The van der Waals surface area contributed by atoms with Crippen LogP contribution < -0.4 is 4.90 Å². The minimum atomic E-state index is 0.242. The monoisotopic (exact) mass is 243 g/mol. The average molecular weight is 243 g/mol. The van der Waals surface area contributed by atoms with Gasteiger partial charge in [0.05, 0.1) is 0 Å². The van der Waals surface area contributed by atoms with Crippen LogP contribution >= 0.6 is 0 Å². The van der Waals surface area contributed by atoms with E-state index in [0.717, 1.165) is 0 Å². The maximum Gasteiger partial charge on any atom is 0.0439 e. The first-order valence-electron chi connectivity index (χ1n) is 7.26. The molecule has 3 rings (SSSR count).